The van der Waals surface area contributed by atoms with Crippen LogP contribution in [0.15, 0.2) is 24.3 Å². The molecule has 1 aliphatic heterocycles. The number of urea groups is 1. The second kappa shape index (κ2) is 5.52. The van der Waals surface area contributed by atoms with Crippen molar-refractivity contribution in [1.82, 2.24) is 10.3 Å². The van der Waals surface area contributed by atoms with Gasteiger partial charge in [-0.25, -0.2) is 4.79 Å². The molecule has 3 N–H and O–H groups in total. The first kappa shape index (κ1) is 13.0. The highest BCUT2D eigenvalue weighted by molar-refractivity contribution is 5.92. The molecule has 1 saturated heterocycles. The molecule has 0 bridgehead atoms. The molecule has 0 spiro atoms. The fraction of sp³-hybridized carbons (Fsp3) is 0.357. The number of hydrogen-bond acceptors (Lipinski definition) is 3. The molecule has 1 aliphatic rings. The number of carbonyl (C=O) groups excluding carboxylic acids is 1. The van der Waals surface area contributed by atoms with Crippen LogP contribution in [0.1, 0.15) is 5.69 Å². The third-order valence-corrected chi connectivity index (χ3v) is 3.13. The maximum absolute atomic E-state index is 11.8. The van der Waals surface area contributed by atoms with Crippen LogP contribution in [0.2, 0.25) is 0 Å². The van der Waals surface area contributed by atoms with E-state index in [4.69, 9.17) is 9.47 Å². The summed E-state index contributed by atoms with van der Waals surface area (Å²) in [5, 5.41) is 6.58. The van der Waals surface area contributed by atoms with Crippen molar-refractivity contribution in [3.05, 3.63) is 30.0 Å². The molecule has 1 fully saturated rings. The van der Waals surface area contributed by atoms with Crippen molar-refractivity contribution < 1.29 is 14.3 Å². The molecule has 0 radical (unpaired) electrons. The molecule has 106 valence electrons. The minimum absolute atomic E-state index is 0.268. The Bertz CT molecular complexity index is 617. The van der Waals surface area contributed by atoms with Crippen LogP contribution >= 0.6 is 0 Å². The standard InChI is InChI=1S/C14H17N3O3/c1-9-6-10-7-11(2-3-12(10)16-9)17-14(18)15-8-13-19-4-5-20-13/h2-3,6-7,13,16H,4-5,8H2,1H3,(H2,15,17,18). The molecule has 2 heterocycles. The highest BCUT2D eigenvalue weighted by Crippen LogP contribution is 2.19. The van der Waals surface area contributed by atoms with Gasteiger partial charge in [0.2, 0.25) is 0 Å². The molecule has 2 aromatic rings. The maximum Gasteiger partial charge on any atom is 0.319 e. The smallest absolute Gasteiger partial charge is 0.319 e. The molecule has 6 nitrogen and oxygen atoms in total. The van der Waals surface area contributed by atoms with Crippen LogP contribution in [0.4, 0.5) is 10.5 Å². The van der Waals surface area contributed by atoms with Gasteiger partial charge in [0.15, 0.2) is 6.29 Å². The highest BCUT2D eigenvalue weighted by atomic mass is 16.7. The lowest BCUT2D eigenvalue weighted by molar-refractivity contribution is -0.0369. The van der Waals surface area contributed by atoms with Gasteiger partial charge in [-0.05, 0) is 31.2 Å². The normalized spacial score (nSPS) is 15.7. The summed E-state index contributed by atoms with van der Waals surface area (Å²) in [5.74, 6) is 0. The summed E-state index contributed by atoms with van der Waals surface area (Å²) in [6.07, 6.45) is -0.337. The van der Waals surface area contributed by atoms with Gasteiger partial charge in [-0.15, -0.1) is 0 Å². The summed E-state index contributed by atoms with van der Waals surface area (Å²) in [6.45, 7) is 3.51. The predicted molar refractivity (Wildman–Crippen MR) is 75.7 cm³/mol. The van der Waals surface area contributed by atoms with Crippen LogP contribution in [0, 0.1) is 6.92 Å². The second-order valence-corrected chi connectivity index (χ2v) is 4.76. The van der Waals surface area contributed by atoms with Crippen LogP contribution in [0.25, 0.3) is 10.9 Å². The SMILES string of the molecule is Cc1cc2cc(NC(=O)NCC3OCCO3)ccc2[nH]1. The Hall–Kier alpha value is -2.05. The van der Waals surface area contributed by atoms with Gasteiger partial charge in [-0.2, -0.15) is 0 Å². The van der Waals surface area contributed by atoms with Crippen LogP contribution in [0.3, 0.4) is 0 Å². The van der Waals surface area contributed by atoms with Gasteiger partial charge in [0.1, 0.15) is 0 Å². The van der Waals surface area contributed by atoms with Crippen molar-refractivity contribution in [3.8, 4) is 0 Å². The molecule has 1 aromatic heterocycles. The van der Waals surface area contributed by atoms with Crippen LogP contribution < -0.4 is 10.6 Å². The number of hydrogen-bond donors (Lipinski definition) is 3. The topological polar surface area (TPSA) is 75.4 Å². The minimum atomic E-state index is -0.337. The quantitative estimate of drug-likeness (QED) is 0.801. The first-order valence-corrected chi connectivity index (χ1v) is 6.58. The summed E-state index contributed by atoms with van der Waals surface area (Å²) in [4.78, 5) is 15.0. The molecule has 0 saturated carbocycles. The minimum Gasteiger partial charge on any atom is -0.359 e. The van der Waals surface area contributed by atoms with E-state index in [1.165, 1.54) is 0 Å². The van der Waals surface area contributed by atoms with E-state index < -0.39 is 0 Å². The molecule has 0 atom stereocenters. The number of rotatable bonds is 3. The number of H-pyrrole nitrogens is 1. The Kier molecular flexibility index (Phi) is 3.58. The first-order valence-electron chi connectivity index (χ1n) is 6.58. The average molecular weight is 275 g/mol. The molecule has 3 rings (SSSR count). The zero-order valence-corrected chi connectivity index (χ0v) is 11.2. The van der Waals surface area contributed by atoms with E-state index >= 15 is 0 Å². The van der Waals surface area contributed by atoms with Gasteiger partial charge >= 0.3 is 6.03 Å². The predicted octanol–water partition coefficient (Wildman–Crippen LogP) is 1.97. The fourth-order valence-corrected chi connectivity index (χ4v) is 2.23. The van der Waals surface area contributed by atoms with Crippen molar-refractivity contribution in [2.45, 2.75) is 13.2 Å². The lowest BCUT2D eigenvalue weighted by atomic mass is 10.2. The Morgan fingerprint density at radius 2 is 2.15 bits per heavy atom. The van der Waals surface area contributed by atoms with Crippen molar-refractivity contribution in [3.63, 3.8) is 0 Å². The van der Waals surface area contributed by atoms with Crippen LogP contribution in [0.5, 0.6) is 0 Å². The molecular formula is C14H17N3O3. The second-order valence-electron chi connectivity index (χ2n) is 4.76. The van der Waals surface area contributed by atoms with Crippen molar-refractivity contribution in [1.29, 1.82) is 0 Å². The monoisotopic (exact) mass is 275 g/mol. The number of fused-ring (bicyclic) bond motifs is 1. The third kappa shape index (κ3) is 2.92. The fourth-order valence-electron chi connectivity index (χ4n) is 2.23. The van der Waals surface area contributed by atoms with Crippen molar-refractivity contribution in [2.75, 3.05) is 25.1 Å². The average Bonchev–Trinajstić information content (AvgIpc) is 3.04. The van der Waals surface area contributed by atoms with Gasteiger partial charge < -0.3 is 25.1 Å². The lowest BCUT2D eigenvalue weighted by Crippen LogP contribution is -2.35. The molecule has 6 heteroatoms. The number of aromatic amines is 1. The summed E-state index contributed by atoms with van der Waals surface area (Å²) in [6, 6.07) is 7.51. The van der Waals surface area contributed by atoms with E-state index in [0.717, 1.165) is 22.3 Å². The van der Waals surface area contributed by atoms with E-state index in [1.54, 1.807) is 0 Å². The van der Waals surface area contributed by atoms with E-state index in [1.807, 2.05) is 31.2 Å². The number of nitrogens with one attached hydrogen (secondary N) is 3. The van der Waals surface area contributed by atoms with Crippen molar-refractivity contribution in [2.24, 2.45) is 0 Å². The number of aryl methyl sites for hydroxylation is 1. The van der Waals surface area contributed by atoms with Gasteiger partial charge in [0.05, 0.1) is 19.8 Å². The lowest BCUT2D eigenvalue weighted by Gasteiger charge is -2.11. The molecule has 2 amide bonds. The number of benzene rings is 1. The van der Waals surface area contributed by atoms with E-state index in [-0.39, 0.29) is 12.3 Å². The maximum atomic E-state index is 11.8. The number of anilines is 1. The molecule has 0 aliphatic carbocycles. The summed E-state index contributed by atoms with van der Waals surface area (Å²) < 4.78 is 10.5. The largest absolute Gasteiger partial charge is 0.359 e. The van der Waals surface area contributed by atoms with Crippen LogP contribution in [-0.4, -0.2) is 37.1 Å². The highest BCUT2D eigenvalue weighted by Gasteiger charge is 2.16. The Morgan fingerprint density at radius 3 is 2.95 bits per heavy atom. The molecular weight excluding hydrogens is 258 g/mol. The number of ether oxygens (including phenoxy) is 2. The number of carbonyl (C=O) groups is 1. The number of amides is 2. The molecule has 0 unspecified atom stereocenters. The van der Waals surface area contributed by atoms with Gasteiger partial charge in [0.25, 0.3) is 0 Å². The Balaban J connectivity index is 1.58. The zero-order chi connectivity index (χ0) is 13.9. The summed E-state index contributed by atoms with van der Waals surface area (Å²) >= 11 is 0. The van der Waals surface area contributed by atoms with E-state index in [2.05, 4.69) is 15.6 Å². The van der Waals surface area contributed by atoms with Gasteiger partial charge in [-0.1, -0.05) is 0 Å². The van der Waals surface area contributed by atoms with Crippen molar-refractivity contribution >= 4 is 22.6 Å². The van der Waals surface area contributed by atoms with Gasteiger partial charge in [-0.3, -0.25) is 0 Å². The van der Waals surface area contributed by atoms with E-state index in [9.17, 15) is 4.79 Å². The summed E-state index contributed by atoms with van der Waals surface area (Å²) in [7, 11) is 0. The van der Waals surface area contributed by atoms with Gasteiger partial charge in [0, 0.05) is 22.3 Å². The Morgan fingerprint density at radius 1 is 1.35 bits per heavy atom. The third-order valence-electron chi connectivity index (χ3n) is 3.13. The zero-order valence-electron chi connectivity index (χ0n) is 11.2. The number of aromatic nitrogens is 1. The van der Waals surface area contributed by atoms with E-state index in [0.29, 0.717) is 19.8 Å². The summed E-state index contributed by atoms with van der Waals surface area (Å²) in [5.41, 5.74) is 2.90. The first-order chi connectivity index (χ1) is 9.70. The van der Waals surface area contributed by atoms with Crippen LogP contribution in [-0.2, 0) is 9.47 Å². The molecule has 20 heavy (non-hydrogen) atoms. The molecule has 1 aromatic carbocycles. The Labute approximate surface area is 116 Å².